The third-order valence-corrected chi connectivity index (χ3v) is 1.34. The van der Waals surface area contributed by atoms with E-state index in [0.717, 1.165) is 0 Å². The van der Waals surface area contributed by atoms with E-state index in [9.17, 15) is 0 Å². The van der Waals surface area contributed by atoms with Gasteiger partial charge in [0.05, 0.1) is 0 Å². The first-order chi connectivity index (χ1) is 4.35. The van der Waals surface area contributed by atoms with E-state index >= 15 is 0 Å². The summed E-state index contributed by atoms with van der Waals surface area (Å²) in [4.78, 5) is 2.38. The molecule has 2 nitrogen and oxygen atoms in total. The summed E-state index contributed by atoms with van der Waals surface area (Å²) < 4.78 is 5.56. The van der Waals surface area contributed by atoms with Crippen LogP contribution in [0.3, 0.4) is 0 Å². The number of rotatable bonds is 3. The molecule has 3 heteroatoms. The SMILES string of the molecule is CCN(CC)CC.N=[SH2]. The second-order valence-electron chi connectivity index (χ2n) is 1.62. The highest BCUT2D eigenvalue weighted by Gasteiger charge is 1.89. The van der Waals surface area contributed by atoms with Crippen molar-refractivity contribution in [2.45, 2.75) is 20.8 Å². The summed E-state index contributed by atoms with van der Waals surface area (Å²) in [6.45, 7) is 10.1. The summed E-state index contributed by atoms with van der Waals surface area (Å²) in [5.74, 6) is 0. The molecule has 0 amide bonds. The summed E-state index contributed by atoms with van der Waals surface area (Å²) in [7, 11) is 0. The molecule has 0 aliphatic rings. The van der Waals surface area contributed by atoms with Gasteiger partial charge >= 0.3 is 0 Å². The van der Waals surface area contributed by atoms with Gasteiger partial charge < -0.3 is 4.90 Å². The highest BCUT2D eigenvalue weighted by Crippen LogP contribution is 1.81. The molecular weight excluding hydrogens is 132 g/mol. The van der Waals surface area contributed by atoms with Crippen LogP contribution in [-0.4, -0.2) is 24.5 Å². The maximum absolute atomic E-state index is 5.56. The van der Waals surface area contributed by atoms with Gasteiger partial charge in [-0.2, -0.15) is 0 Å². The molecule has 0 aromatic carbocycles. The van der Waals surface area contributed by atoms with Crippen LogP contribution >= 0.6 is 0 Å². The van der Waals surface area contributed by atoms with E-state index in [1.54, 1.807) is 0 Å². The summed E-state index contributed by atoms with van der Waals surface area (Å²) in [5, 5.41) is 0. The minimum Gasteiger partial charge on any atom is -0.304 e. The molecule has 0 saturated heterocycles. The standard InChI is InChI=1S/C6H15N.H3NS/c1-4-7(5-2)6-3;1-2/h4-6H2,1-3H3;1H,2H2. The molecule has 0 rings (SSSR count). The summed E-state index contributed by atoms with van der Waals surface area (Å²) in [5.41, 5.74) is 0. The molecule has 0 heterocycles. The lowest BCUT2D eigenvalue weighted by atomic mass is 10.5. The van der Waals surface area contributed by atoms with Crippen LogP contribution in [-0.2, 0) is 12.4 Å². The minimum atomic E-state index is 1.19. The second-order valence-corrected chi connectivity index (χ2v) is 1.62. The quantitative estimate of drug-likeness (QED) is 0.641. The Morgan fingerprint density at radius 2 is 1.22 bits per heavy atom. The van der Waals surface area contributed by atoms with E-state index in [2.05, 4.69) is 38.1 Å². The lowest BCUT2D eigenvalue weighted by molar-refractivity contribution is 0.321. The molecule has 58 valence electrons. The van der Waals surface area contributed by atoms with E-state index in [1.165, 1.54) is 19.6 Å². The molecule has 0 atom stereocenters. The molecule has 0 unspecified atom stereocenters. The first-order valence-corrected chi connectivity index (χ1v) is 3.82. The molecule has 0 fully saturated rings. The van der Waals surface area contributed by atoms with Gasteiger partial charge in [-0.25, -0.2) is 0 Å². The van der Waals surface area contributed by atoms with Crippen molar-refractivity contribution < 1.29 is 0 Å². The molecular formula is C6H18N2S. The lowest BCUT2D eigenvalue weighted by Gasteiger charge is -2.13. The zero-order valence-electron chi connectivity index (χ0n) is 6.57. The number of nitrogens with zero attached hydrogens (tertiary/aromatic N) is 1. The van der Waals surface area contributed by atoms with Gasteiger partial charge in [0.15, 0.2) is 0 Å². The molecule has 0 aliphatic carbocycles. The van der Waals surface area contributed by atoms with Crippen molar-refractivity contribution in [3.63, 3.8) is 0 Å². The van der Waals surface area contributed by atoms with E-state index < -0.39 is 0 Å². The van der Waals surface area contributed by atoms with Crippen molar-refractivity contribution in [1.29, 1.82) is 4.78 Å². The average molecular weight is 150 g/mol. The van der Waals surface area contributed by atoms with Gasteiger partial charge in [-0.1, -0.05) is 20.8 Å². The van der Waals surface area contributed by atoms with Crippen molar-refractivity contribution in [2.24, 2.45) is 0 Å². The van der Waals surface area contributed by atoms with E-state index in [1.807, 2.05) is 0 Å². The maximum Gasteiger partial charge on any atom is -0.00474 e. The lowest BCUT2D eigenvalue weighted by Crippen LogP contribution is -2.21. The van der Waals surface area contributed by atoms with Gasteiger partial charge in [0.2, 0.25) is 0 Å². The van der Waals surface area contributed by atoms with Crippen LogP contribution in [0.5, 0.6) is 0 Å². The van der Waals surface area contributed by atoms with Gasteiger partial charge in [-0.05, 0) is 19.6 Å². The van der Waals surface area contributed by atoms with Gasteiger partial charge in [-0.15, -0.1) is 12.4 Å². The van der Waals surface area contributed by atoms with Crippen LogP contribution < -0.4 is 0 Å². The fourth-order valence-corrected chi connectivity index (χ4v) is 0.671. The van der Waals surface area contributed by atoms with Crippen molar-refractivity contribution in [1.82, 2.24) is 4.90 Å². The predicted octanol–water partition coefficient (Wildman–Crippen LogP) is 1.11. The predicted molar refractivity (Wildman–Crippen MR) is 46.3 cm³/mol. The summed E-state index contributed by atoms with van der Waals surface area (Å²) in [6, 6.07) is 0. The number of hydrogen-bond donors (Lipinski definition) is 1. The third kappa shape index (κ3) is 8.11. The fraction of sp³-hybridized carbons (Fsp3) is 1.00. The fourth-order valence-electron chi connectivity index (χ4n) is 0.671. The first kappa shape index (κ1) is 11.9. The molecule has 0 aliphatic heterocycles. The third-order valence-electron chi connectivity index (χ3n) is 1.34. The Balaban J connectivity index is 0. The van der Waals surface area contributed by atoms with Crippen molar-refractivity contribution >= 4 is 12.4 Å². The highest BCUT2D eigenvalue weighted by molar-refractivity contribution is 7.45. The smallest absolute Gasteiger partial charge is 0.00474 e. The van der Waals surface area contributed by atoms with Gasteiger partial charge in [0.25, 0.3) is 0 Å². The molecule has 9 heavy (non-hydrogen) atoms. The number of hydrogen-bond acceptors (Lipinski definition) is 2. The van der Waals surface area contributed by atoms with Gasteiger partial charge in [0, 0.05) is 0 Å². The van der Waals surface area contributed by atoms with Crippen LogP contribution in [0.25, 0.3) is 0 Å². The zero-order valence-corrected chi connectivity index (χ0v) is 7.57. The van der Waals surface area contributed by atoms with Gasteiger partial charge in [-0.3, -0.25) is 4.78 Å². The Kier molecular flexibility index (Phi) is 14.5. The Bertz CT molecular complexity index is 40.8. The summed E-state index contributed by atoms with van der Waals surface area (Å²) >= 11 is 2.22. The Labute approximate surface area is 63.2 Å². The Hall–Kier alpha value is 0.110. The van der Waals surface area contributed by atoms with Crippen molar-refractivity contribution in [3.05, 3.63) is 0 Å². The molecule has 0 aromatic heterocycles. The zero-order chi connectivity index (χ0) is 7.70. The van der Waals surface area contributed by atoms with E-state index in [-0.39, 0.29) is 0 Å². The van der Waals surface area contributed by atoms with Crippen molar-refractivity contribution in [2.75, 3.05) is 19.6 Å². The van der Waals surface area contributed by atoms with E-state index in [0.29, 0.717) is 0 Å². The molecule has 0 saturated carbocycles. The number of nitrogens with one attached hydrogen (secondary N) is 1. The van der Waals surface area contributed by atoms with Crippen LogP contribution in [0.4, 0.5) is 0 Å². The van der Waals surface area contributed by atoms with Crippen molar-refractivity contribution in [3.8, 4) is 0 Å². The maximum atomic E-state index is 5.56. The Morgan fingerprint density at radius 3 is 1.22 bits per heavy atom. The van der Waals surface area contributed by atoms with Crippen LogP contribution in [0.2, 0.25) is 0 Å². The molecule has 0 radical (unpaired) electrons. The monoisotopic (exact) mass is 150 g/mol. The van der Waals surface area contributed by atoms with Crippen LogP contribution in [0.1, 0.15) is 20.8 Å². The second kappa shape index (κ2) is 11.0. The Morgan fingerprint density at radius 1 is 1.00 bits per heavy atom. The largest absolute Gasteiger partial charge is 0.304 e. The molecule has 1 N–H and O–H groups in total. The normalized spacial score (nSPS) is 8.56. The molecule has 0 bridgehead atoms. The summed E-state index contributed by atoms with van der Waals surface area (Å²) in [6.07, 6.45) is 0. The highest BCUT2D eigenvalue weighted by atomic mass is 32.1. The van der Waals surface area contributed by atoms with Gasteiger partial charge in [0.1, 0.15) is 0 Å². The minimum absolute atomic E-state index is 1.19. The topological polar surface area (TPSA) is 27.1 Å². The first-order valence-electron chi connectivity index (χ1n) is 3.32. The van der Waals surface area contributed by atoms with Crippen LogP contribution in [0.15, 0.2) is 0 Å². The van der Waals surface area contributed by atoms with Crippen LogP contribution in [0, 0.1) is 4.78 Å². The molecule has 0 aromatic rings. The molecule has 0 spiro atoms. The van der Waals surface area contributed by atoms with E-state index in [4.69, 9.17) is 4.78 Å². The average Bonchev–Trinajstić information content (AvgIpc) is 1.96.